The lowest BCUT2D eigenvalue weighted by molar-refractivity contribution is -0.118. The largest absolute Gasteiger partial charge is 0.494 e. The average molecular weight is 456 g/mol. The summed E-state index contributed by atoms with van der Waals surface area (Å²) in [5.41, 5.74) is 3.90. The van der Waals surface area contributed by atoms with Crippen molar-refractivity contribution in [2.45, 2.75) is 4.34 Å². The van der Waals surface area contributed by atoms with Crippen LogP contribution in [0.15, 0.2) is 39.8 Å². The molecule has 1 aromatic heterocycles. The highest BCUT2D eigenvalue weighted by atomic mass is 35.5. The van der Waals surface area contributed by atoms with Crippen LogP contribution in [0, 0.1) is 0 Å². The van der Waals surface area contributed by atoms with E-state index in [0.29, 0.717) is 22.1 Å². The molecule has 2 aromatic carbocycles. The Hall–Kier alpha value is -2.00. The minimum atomic E-state index is -0.259. The van der Waals surface area contributed by atoms with Crippen LogP contribution in [0.5, 0.6) is 11.5 Å². The van der Waals surface area contributed by atoms with Crippen molar-refractivity contribution < 1.29 is 14.3 Å². The first-order valence-corrected chi connectivity index (χ1v) is 10.5. The second-order valence-corrected chi connectivity index (χ2v) is 8.40. The number of aromatic nitrogens is 1. The maximum Gasteiger partial charge on any atom is 0.250 e. The molecule has 1 amide bonds. The lowest BCUT2D eigenvalue weighted by Crippen LogP contribution is -2.19. The number of hydrazone groups is 1. The molecule has 0 saturated carbocycles. The van der Waals surface area contributed by atoms with E-state index in [1.54, 1.807) is 17.4 Å². The smallest absolute Gasteiger partial charge is 0.250 e. The molecule has 3 rings (SSSR count). The molecule has 28 heavy (non-hydrogen) atoms. The fourth-order valence-corrected chi connectivity index (χ4v) is 4.90. The molecule has 0 aliphatic rings. The molecule has 0 radical (unpaired) electrons. The van der Waals surface area contributed by atoms with Crippen LogP contribution in [0.2, 0.25) is 10.0 Å². The number of thioether (sulfide) groups is 1. The molecule has 0 aliphatic carbocycles. The standard InChI is InChI=1S/C18H15Cl2N3O3S2/c1-25-16-10(7-11(19)17(26-2)15(16)20)8-21-23-14(24)9-27-18-22-12-5-3-4-6-13(12)28-18/h3-8H,9H2,1-2H3,(H,23,24)/b21-8-. The third-order valence-electron chi connectivity index (χ3n) is 3.56. The van der Waals surface area contributed by atoms with E-state index < -0.39 is 0 Å². The summed E-state index contributed by atoms with van der Waals surface area (Å²) in [5.74, 6) is 0.599. The Labute approximate surface area is 179 Å². The van der Waals surface area contributed by atoms with Crippen LogP contribution < -0.4 is 14.9 Å². The van der Waals surface area contributed by atoms with Crippen molar-refractivity contribution in [2.24, 2.45) is 5.10 Å². The predicted molar refractivity (Wildman–Crippen MR) is 116 cm³/mol. The van der Waals surface area contributed by atoms with Gasteiger partial charge in [-0.1, -0.05) is 47.1 Å². The Morgan fingerprint density at radius 1 is 1.29 bits per heavy atom. The van der Waals surface area contributed by atoms with Gasteiger partial charge in [0.05, 0.1) is 41.4 Å². The number of halogens is 2. The Balaban J connectivity index is 1.61. The molecule has 3 aromatic rings. The van der Waals surface area contributed by atoms with Gasteiger partial charge in [-0.2, -0.15) is 5.10 Å². The second-order valence-electron chi connectivity index (χ2n) is 5.36. The zero-order valence-electron chi connectivity index (χ0n) is 14.9. The lowest BCUT2D eigenvalue weighted by Gasteiger charge is -2.12. The molecule has 10 heteroatoms. The van der Waals surface area contributed by atoms with E-state index in [4.69, 9.17) is 32.7 Å². The Morgan fingerprint density at radius 3 is 2.75 bits per heavy atom. The third kappa shape index (κ3) is 4.70. The monoisotopic (exact) mass is 455 g/mol. The van der Waals surface area contributed by atoms with Crippen LogP contribution >= 0.6 is 46.3 Å². The molecule has 1 heterocycles. The topological polar surface area (TPSA) is 72.8 Å². The van der Waals surface area contributed by atoms with Crippen molar-refractivity contribution in [1.29, 1.82) is 0 Å². The molecule has 6 nitrogen and oxygen atoms in total. The first-order valence-electron chi connectivity index (χ1n) is 7.93. The summed E-state index contributed by atoms with van der Waals surface area (Å²) in [6.07, 6.45) is 1.41. The fraction of sp³-hybridized carbons (Fsp3) is 0.167. The number of nitrogens with zero attached hydrogens (tertiary/aromatic N) is 2. The van der Waals surface area contributed by atoms with Crippen LogP contribution in [0.4, 0.5) is 0 Å². The van der Waals surface area contributed by atoms with Crippen molar-refractivity contribution in [1.82, 2.24) is 10.4 Å². The van der Waals surface area contributed by atoms with E-state index >= 15 is 0 Å². The first-order chi connectivity index (χ1) is 13.5. The van der Waals surface area contributed by atoms with Gasteiger partial charge in [-0.3, -0.25) is 4.79 Å². The van der Waals surface area contributed by atoms with Gasteiger partial charge in [0.1, 0.15) is 10.8 Å². The molecule has 0 unspecified atom stereocenters. The summed E-state index contributed by atoms with van der Waals surface area (Å²) in [6.45, 7) is 0. The van der Waals surface area contributed by atoms with Gasteiger partial charge in [-0.15, -0.1) is 11.3 Å². The van der Waals surface area contributed by atoms with Crippen LogP contribution in [0.1, 0.15) is 5.56 Å². The number of rotatable bonds is 7. The van der Waals surface area contributed by atoms with Gasteiger partial charge in [0, 0.05) is 5.56 Å². The zero-order chi connectivity index (χ0) is 20.1. The molecule has 0 spiro atoms. The average Bonchev–Trinajstić information content (AvgIpc) is 3.10. The summed E-state index contributed by atoms with van der Waals surface area (Å²) >= 11 is 15.3. The summed E-state index contributed by atoms with van der Waals surface area (Å²) in [4.78, 5) is 16.5. The molecule has 1 N–H and O–H groups in total. The van der Waals surface area contributed by atoms with Crippen LogP contribution in [-0.2, 0) is 4.79 Å². The SMILES string of the molecule is COc1c(Cl)cc(/C=N\NC(=O)CSc2nc3ccccc3s2)c(OC)c1Cl. The third-order valence-corrected chi connectivity index (χ3v) is 6.37. The maximum absolute atomic E-state index is 12.0. The highest BCUT2D eigenvalue weighted by Gasteiger charge is 2.16. The molecular formula is C18H15Cl2N3O3S2. The molecule has 0 bridgehead atoms. The summed E-state index contributed by atoms with van der Waals surface area (Å²) in [7, 11) is 2.93. The normalized spacial score (nSPS) is 11.1. The fourth-order valence-electron chi connectivity index (χ4n) is 2.34. The second kappa shape index (κ2) is 9.47. The van der Waals surface area contributed by atoms with Crippen LogP contribution in [0.25, 0.3) is 10.2 Å². The first kappa shape index (κ1) is 20.7. The highest BCUT2D eigenvalue weighted by molar-refractivity contribution is 8.01. The van der Waals surface area contributed by atoms with Crippen LogP contribution in [-0.4, -0.2) is 37.1 Å². The van der Waals surface area contributed by atoms with E-state index in [1.807, 2.05) is 24.3 Å². The van der Waals surface area contributed by atoms with E-state index in [9.17, 15) is 4.79 Å². The number of thiazole rings is 1. The lowest BCUT2D eigenvalue weighted by atomic mass is 10.2. The number of hydrogen-bond acceptors (Lipinski definition) is 7. The number of carbonyl (C=O) groups excluding carboxylic acids is 1. The number of nitrogens with one attached hydrogen (secondary N) is 1. The van der Waals surface area contributed by atoms with Crippen LogP contribution in [0.3, 0.4) is 0 Å². The minimum Gasteiger partial charge on any atom is -0.494 e. The van der Waals surface area contributed by atoms with Gasteiger partial charge in [0.25, 0.3) is 5.91 Å². The van der Waals surface area contributed by atoms with Gasteiger partial charge < -0.3 is 9.47 Å². The number of ether oxygens (including phenoxy) is 2. The number of amides is 1. The van der Waals surface area contributed by atoms with E-state index in [1.165, 1.54) is 32.2 Å². The van der Waals surface area contributed by atoms with Gasteiger partial charge >= 0.3 is 0 Å². The number of fused-ring (bicyclic) bond motifs is 1. The van der Waals surface area contributed by atoms with Gasteiger partial charge in [0.15, 0.2) is 10.1 Å². The molecule has 0 aliphatic heterocycles. The summed E-state index contributed by atoms with van der Waals surface area (Å²) in [5, 5.41) is 4.50. The van der Waals surface area contributed by atoms with Crippen molar-refractivity contribution >= 4 is 68.6 Å². The Morgan fingerprint density at radius 2 is 2.04 bits per heavy atom. The van der Waals surface area contributed by atoms with Crippen molar-refractivity contribution in [3.8, 4) is 11.5 Å². The number of carbonyl (C=O) groups is 1. The summed E-state index contributed by atoms with van der Waals surface area (Å²) in [6, 6.07) is 9.43. The van der Waals surface area contributed by atoms with Crippen molar-refractivity contribution in [3.05, 3.63) is 45.9 Å². The van der Waals surface area contributed by atoms with Gasteiger partial charge in [0.2, 0.25) is 0 Å². The molecule has 146 valence electrons. The molecule has 0 atom stereocenters. The number of para-hydroxylation sites is 1. The zero-order valence-corrected chi connectivity index (χ0v) is 18.0. The Bertz CT molecular complexity index is 1010. The van der Waals surface area contributed by atoms with E-state index in [-0.39, 0.29) is 16.7 Å². The molecular weight excluding hydrogens is 441 g/mol. The quantitative estimate of drug-likeness (QED) is 0.312. The number of methoxy groups -OCH3 is 2. The Kier molecular flexibility index (Phi) is 7.01. The number of hydrogen-bond donors (Lipinski definition) is 1. The molecule has 0 fully saturated rings. The minimum absolute atomic E-state index is 0.193. The van der Waals surface area contributed by atoms with Gasteiger partial charge in [-0.25, -0.2) is 10.4 Å². The summed E-state index contributed by atoms with van der Waals surface area (Å²) < 4.78 is 12.3. The van der Waals surface area contributed by atoms with E-state index in [2.05, 4.69) is 15.5 Å². The maximum atomic E-state index is 12.0. The predicted octanol–water partition coefficient (Wildman–Crippen LogP) is 4.86. The van der Waals surface area contributed by atoms with Gasteiger partial charge in [-0.05, 0) is 18.2 Å². The highest BCUT2D eigenvalue weighted by Crippen LogP contribution is 2.41. The van der Waals surface area contributed by atoms with E-state index in [0.717, 1.165) is 14.6 Å². The molecule has 0 saturated heterocycles. The number of benzene rings is 2. The van der Waals surface area contributed by atoms with Crippen molar-refractivity contribution in [3.63, 3.8) is 0 Å². The van der Waals surface area contributed by atoms with Crippen molar-refractivity contribution in [2.75, 3.05) is 20.0 Å².